The number of nitrogens with one attached hydrogen (secondary N) is 1. The molecular formula is C17H12N4. The minimum absolute atomic E-state index is 0.768. The molecule has 0 aliphatic rings. The Hall–Kier alpha value is -3.01. The summed E-state index contributed by atoms with van der Waals surface area (Å²) in [5.74, 6) is 0. The van der Waals surface area contributed by atoms with Gasteiger partial charge in [0.25, 0.3) is 0 Å². The van der Waals surface area contributed by atoms with Crippen molar-refractivity contribution in [1.82, 2.24) is 20.2 Å². The van der Waals surface area contributed by atoms with Gasteiger partial charge in [-0.3, -0.25) is 5.10 Å². The molecule has 0 saturated carbocycles. The highest BCUT2D eigenvalue weighted by Gasteiger charge is 1.97. The van der Waals surface area contributed by atoms with Crippen LogP contribution < -0.4 is 0 Å². The smallest absolute Gasteiger partial charge is 0.159 e. The molecule has 100 valence electrons. The zero-order valence-corrected chi connectivity index (χ0v) is 11.2. The minimum Gasteiger partial charge on any atom is -0.278 e. The molecule has 0 radical (unpaired) electrons. The highest BCUT2D eigenvalue weighted by Crippen LogP contribution is 2.16. The van der Waals surface area contributed by atoms with Crippen molar-refractivity contribution >= 4 is 34.1 Å². The summed E-state index contributed by atoms with van der Waals surface area (Å²) in [4.78, 5) is 8.80. The van der Waals surface area contributed by atoms with E-state index in [0.29, 0.717) is 0 Å². The lowest BCUT2D eigenvalue weighted by molar-refractivity contribution is 1.12. The second-order valence-corrected chi connectivity index (χ2v) is 4.84. The molecule has 1 aromatic carbocycles. The van der Waals surface area contributed by atoms with Crippen LogP contribution in [0, 0.1) is 0 Å². The van der Waals surface area contributed by atoms with Crippen LogP contribution >= 0.6 is 0 Å². The first-order valence-corrected chi connectivity index (χ1v) is 6.71. The Bertz CT molecular complexity index is 953. The molecule has 0 saturated heterocycles. The molecule has 0 aliphatic heterocycles. The number of fused-ring (bicyclic) bond motifs is 2. The lowest BCUT2D eigenvalue weighted by Gasteiger charge is -1.98. The van der Waals surface area contributed by atoms with Gasteiger partial charge in [0.05, 0.1) is 17.4 Å². The molecule has 0 bridgehead atoms. The van der Waals surface area contributed by atoms with Crippen LogP contribution in [0.3, 0.4) is 0 Å². The summed E-state index contributed by atoms with van der Waals surface area (Å²) in [6, 6.07) is 14.1. The van der Waals surface area contributed by atoms with Crippen LogP contribution in [0.25, 0.3) is 34.1 Å². The maximum Gasteiger partial charge on any atom is 0.159 e. The van der Waals surface area contributed by atoms with Crippen LogP contribution in [0.2, 0.25) is 0 Å². The Morgan fingerprint density at radius 3 is 2.95 bits per heavy atom. The summed E-state index contributed by atoms with van der Waals surface area (Å²) < 4.78 is 0. The van der Waals surface area contributed by atoms with Crippen molar-refractivity contribution in [2.45, 2.75) is 0 Å². The summed E-state index contributed by atoms with van der Waals surface area (Å²) in [7, 11) is 0. The zero-order valence-electron chi connectivity index (χ0n) is 11.2. The third-order valence-electron chi connectivity index (χ3n) is 3.40. The molecule has 0 spiro atoms. The fraction of sp³-hybridized carbons (Fsp3) is 0. The molecule has 4 nitrogen and oxygen atoms in total. The monoisotopic (exact) mass is 272 g/mol. The molecule has 4 aromatic rings. The van der Waals surface area contributed by atoms with E-state index in [2.05, 4.69) is 32.3 Å². The van der Waals surface area contributed by atoms with Gasteiger partial charge >= 0.3 is 0 Å². The van der Waals surface area contributed by atoms with E-state index in [1.165, 1.54) is 0 Å². The Labute approximate surface area is 121 Å². The fourth-order valence-corrected chi connectivity index (χ4v) is 2.31. The molecule has 0 atom stereocenters. The van der Waals surface area contributed by atoms with Gasteiger partial charge in [-0.15, -0.1) is 0 Å². The van der Waals surface area contributed by atoms with E-state index in [9.17, 15) is 0 Å². The molecule has 4 heteroatoms. The first-order valence-electron chi connectivity index (χ1n) is 6.71. The molecule has 4 rings (SSSR count). The van der Waals surface area contributed by atoms with Crippen LogP contribution in [-0.2, 0) is 0 Å². The molecule has 3 heterocycles. The van der Waals surface area contributed by atoms with Crippen LogP contribution in [-0.4, -0.2) is 20.2 Å². The predicted molar refractivity (Wildman–Crippen MR) is 84.6 cm³/mol. The van der Waals surface area contributed by atoms with E-state index in [1.807, 2.05) is 48.7 Å². The van der Waals surface area contributed by atoms with Crippen LogP contribution in [0.5, 0.6) is 0 Å². The number of pyridine rings is 2. The van der Waals surface area contributed by atoms with E-state index < -0.39 is 0 Å². The summed E-state index contributed by atoms with van der Waals surface area (Å²) in [6.45, 7) is 0. The number of hydrogen-bond acceptors (Lipinski definition) is 3. The van der Waals surface area contributed by atoms with Gasteiger partial charge in [0.1, 0.15) is 0 Å². The van der Waals surface area contributed by atoms with Crippen LogP contribution in [0.15, 0.2) is 54.9 Å². The van der Waals surface area contributed by atoms with Crippen molar-refractivity contribution in [3.63, 3.8) is 0 Å². The number of aromatic amines is 1. The van der Waals surface area contributed by atoms with Gasteiger partial charge in [0.2, 0.25) is 0 Å². The topological polar surface area (TPSA) is 54.5 Å². The normalized spacial score (nSPS) is 11.6. The number of hydrogen-bond donors (Lipinski definition) is 1. The van der Waals surface area contributed by atoms with Gasteiger partial charge in [-0.2, -0.15) is 5.10 Å². The maximum absolute atomic E-state index is 4.53. The minimum atomic E-state index is 0.768. The highest BCUT2D eigenvalue weighted by atomic mass is 15.1. The average Bonchev–Trinajstić information content (AvgIpc) is 3.00. The second kappa shape index (κ2) is 4.83. The van der Waals surface area contributed by atoms with E-state index in [-0.39, 0.29) is 0 Å². The van der Waals surface area contributed by atoms with Crippen LogP contribution in [0.4, 0.5) is 0 Å². The van der Waals surface area contributed by atoms with Gasteiger partial charge in [-0.25, -0.2) is 9.97 Å². The first kappa shape index (κ1) is 11.8. The summed E-state index contributed by atoms with van der Waals surface area (Å²) in [5, 5.41) is 9.12. The highest BCUT2D eigenvalue weighted by molar-refractivity contribution is 5.83. The van der Waals surface area contributed by atoms with Gasteiger partial charge in [-0.1, -0.05) is 12.1 Å². The standard InChI is InChI=1S/C17H12N4/c1-2-13-5-7-15(20-17(13)18-9-1)6-3-12-4-8-16-14(10-12)11-19-21-16/h1-11H,(H,19,21)/b6-3+. The number of benzene rings is 1. The van der Waals surface area contributed by atoms with E-state index in [4.69, 9.17) is 0 Å². The van der Waals surface area contributed by atoms with Gasteiger partial charge in [-0.05, 0) is 48.0 Å². The molecule has 0 unspecified atom stereocenters. The maximum atomic E-state index is 4.53. The Kier molecular flexibility index (Phi) is 2.71. The van der Waals surface area contributed by atoms with E-state index >= 15 is 0 Å². The molecule has 0 fully saturated rings. The molecule has 21 heavy (non-hydrogen) atoms. The van der Waals surface area contributed by atoms with Crippen molar-refractivity contribution in [3.8, 4) is 0 Å². The largest absolute Gasteiger partial charge is 0.278 e. The van der Waals surface area contributed by atoms with E-state index in [1.54, 1.807) is 6.20 Å². The van der Waals surface area contributed by atoms with Crippen LogP contribution in [0.1, 0.15) is 11.3 Å². The zero-order chi connectivity index (χ0) is 14.1. The lowest BCUT2D eigenvalue weighted by atomic mass is 10.1. The van der Waals surface area contributed by atoms with Crippen molar-refractivity contribution in [2.24, 2.45) is 0 Å². The Morgan fingerprint density at radius 1 is 0.952 bits per heavy atom. The molecule has 0 aliphatic carbocycles. The predicted octanol–water partition coefficient (Wildman–Crippen LogP) is 3.68. The third-order valence-corrected chi connectivity index (χ3v) is 3.40. The van der Waals surface area contributed by atoms with Gasteiger partial charge < -0.3 is 0 Å². The number of H-pyrrole nitrogens is 1. The Morgan fingerprint density at radius 2 is 1.95 bits per heavy atom. The summed E-state index contributed by atoms with van der Waals surface area (Å²) >= 11 is 0. The molecular weight excluding hydrogens is 260 g/mol. The molecule has 0 amide bonds. The first-order chi connectivity index (χ1) is 10.4. The van der Waals surface area contributed by atoms with Crippen molar-refractivity contribution in [3.05, 3.63) is 66.1 Å². The summed E-state index contributed by atoms with van der Waals surface area (Å²) in [5.41, 5.74) is 3.82. The number of rotatable bonds is 2. The fourth-order valence-electron chi connectivity index (χ4n) is 2.31. The SMILES string of the molecule is C(=C\c1ccc2cccnc2n1)/c1ccc2[nH]ncc2c1. The van der Waals surface area contributed by atoms with Gasteiger partial charge in [0, 0.05) is 17.0 Å². The average molecular weight is 272 g/mol. The van der Waals surface area contributed by atoms with Crippen molar-refractivity contribution in [2.75, 3.05) is 0 Å². The molecule has 3 aromatic heterocycles. The molecule has 1 N–H and O–H groups in total. The number of aromatic nitrogens is 4. The third kappa shape index (κ3) is 2.27. The second-order valence-electron chi connectivity index (χ2n) is 4.84. The van der Waals surface area contributed by atoms with Crippen molar-refractivity contribution < 1.29 is 0 Å². The van der Waals surface area contributed by atoms with E-state index in [0.717, 1.165) is 33.2 Å². The quantitative estimate of drug-likeness (QED) is 0.605. The van der Waals surface area contributed by atoms with Crippen molar-refractivity contribution in [1.29, 1.82) is 0 Å². The van der Waals surface area contributed by atoms with Gasteiger partial charge in [0.15, 0.2) is 5.65 Å². The lowest BCUT2D eigenvalue weighted by Crippen LogP contribution is -1.85. The Balaban J connectivity index is 1.69. The summed E-state index contributed by atoms with van der Waals surface area (Å²) in [6.07, 6.45) is 7.62. The number of nitrogens with zero attached hydrogens (tertiary/aromatic N) is 3.